The van der Waals surface area contributed by atoms with Crippen LogP contribution in [-0.2, 0) is 16.1 Å². The first-order chi connectivity index (χ1) is 17.8. The summed E-state index contributed by atoms with van der Waals surface area (Å²) < 4.78 is 80.5. The molecule has 0 bridgehead atoms. The Morgan fingerprint density at radius 1 is 0.658 bits per heavy atom. The summed E-state index contributed by atoms with van der Waals surface area (Å²) in [6.45, 7) is -0.963. The van der Waals surface area contributed by atoms with Gasteiger partial charge in [0.1, 0.15) is 13.2 Å². The fraction of sp³-hybridized carbons (Fsp3) is 0.125. The molecule has 0 saturated carbocycles. The molecule has 0 amide bonds. The molecule has 0 spiro atoms. The van der Waals surface area contributed by atoms with E-state index in [1.54, 1.807) is 30.3 Å². The highest BCUT2D eigenvalue weighted by Crippen LogP contribution is 2.30. The number of carbonyl (C=O) groups is 3. The van der Waals surface area contributed by atoms with Gasteiger partial charge in [0, 0.05) is 0 Å². The first kappa shape index (κ1) is 29.2. The highest BCUT2D eigenvalue weighted by molar-refractivity contribution is 6.67. The Labute approximate surface area is 225 Å². The Kier molecular flexibility index (Phi) is 9.18. The summed E-state index contributed by atoms with van der Waals surface area (Å²) in [7, 11) is 0. The van der Waals surface area contributed by atoms with Crippen LogP contribution in [0.2, 0.25) is 0 Å². The minimum atomic E-state index is -2.47. The molecule has 0 aliphatic carbocycles. The first-order valence-electron chi connectivity index (χ1n) is 10.1. The number of carbonyl (C=O) groups excluding carboxylic acids is 3. The van der Waals surface area contributed by atoms with E-state index in [2.05, 4.69) is 4.74 Å². The number of hydrogen-bond acceptors (Lipinski definition) is 6. The van der Waals surface area contributed by atoms with Crippen LogP contribution < -0.4 is 4.74 Å². The van der Waals surface area contributed by atoms with Crippen LogP contribution in [0.4, 0.5) is 22.0 Å². The van der Waals surface area contributed by atoms with Gasteiger partial charge in [0.2, 0.25) is 38.6 Å². The van der Waals surface area contributed by atoms with E-state index >= 15 is 0 Å². The maximum atomic E-state index is 14.0. The molecule has 0 radical (unpaired) electrons. The summed E-state index contributed by atoms with van der Waals surface area (Å²) >= 11 is 16.6. The van der Waals surface area contributed by atoms with Crippen molar-refractivity contribution >= 4 is 52.7 Å². The Balaban J connectivity index is 1.96. The molecular formula is C24H12Cl3F5O6. The van der Waals surface area contributed by atoms with Gasteiger partial charge in [-0.2, -0.15) is 8.78 Å². The molecule has 0 aliphatic heterocycles. The largest absolute Gasteiger partial charge is 0.458 e. The number of benzene rings is 3. The van der Waals surface area contributed by atoms with Crippen molar-refractivity contribution in [3.63, 3.8) is 0 Å². The highest BCUT2D eigenvalue weighted by atomic mass is 35.6. The Morgan fingerprint density at radius 3 is 1.61 bits per heavy atom. The van der Waals surface area contributed by atoms with Crippen LogP contribution in [0, 0.1) is 29.1 Å². The number of rotatable bonds is 7. The van der Waals surface area contributed by atoms with E-state index in [1.165, 1.54) is 0 Å². The van der Waals surface area contributed by atoms with Crippen molar-refractivity contribution in [1.29, 1.82) is 0 Å². The van der Waals surface area contributed by atoms with Gasteiger partial charge < -0.3 is 14.2 Å². The molecule has 38 heavy (non-hydrogen) atoms. The van der Waals surface area contributed by atoms with Gasteiger partial charge in [-0.05, 0) is 23.8 Å². The van der Waals surface area contributed by atoms with E-state index in [1.807, 2.05) is 0 Å². The molecule has 0 fully saturated rings. The molecule has 200 valence electrons. The quantitative estimate of drug-likeness (QED) is 0.0774. The average Bonchev–Trinajstić information content (AvgIpc) is 2.90. The van der Waals surface area contributed by atoms with Crippen LogP contribution in [0.25, 0.3) is 0 Å². The fourth-order valence-corrected chi connectivity index (χ4v) is 3.01. The number of alkyl halides is 3. The monoisotopic (exact) mass is 596 g/mol. The summed E-state index contributed by atoms with van der Waals surface area (Å²) in [4.78, 5) is 37.7. The summed E-state index contributed by atoms with van der Waals surface area (Å²) in [6.07, 6.45) is 0. The second kappa shape index (κ2) is 12.0. The van der Waals surface area contributed by atoms with Gasteiger partial charge in [-0.15, -0.1) is 0 Å². The molecule has 3 rings (SSSR count). The Hall–Kier alpha value is -3.41. The molecule has 0 aromatic heterocycles. The molecular weight excluding hydrogens is 586 g/mol. The van der Waals surface area contributed by atoms with Gasteiger partial charge in [0.15, 0.2) is 0 Å². The fourth-order valence-electron chi connectivity index (χ4n) is 2.84. The number of hydrogen-bond donors (Lipinski definition) is 0. The van der Waals surface area contributed by atoms with E-state index in [4.69, 9.17) is 44.3 Å². The number of esters is 3. The van der Waals surface area contributed by atoms with Crippen LogP contribution in [0.3, 0.4) is 0 Å². The Bertz CT molecular complexity index is 1370. The van der Waals surface area contributed by atoms with Gasteiger partial charge >= 0.3 is 17.9 Å². The summed E-state index contributed by atoms with van der Waals surface area (Å²) in [5.74, 6) is -17.9. The third kappa shape index (κ3) is 7.12. The van der Waals surface area contributed by atoms with E-state index in [9.17, 15) is 36.3 Å². The van der Waals surface area contributed by atoms with Crippen LogP contribution in [-0.4, -0.2) is 28.3 Å². The van der Waals surface area contributed by atoms with Crippen molar-refractivity contribution in [2.24, 2.45) is 0 Å². The van der Waals surface area contributed by atoms with Crippen molar-refractivity contribution in [1.82, 2.24) is 0 Å². The second-order valence-electron chi connectivity index (χ2n) is 7.34. The highest BCUT2D eigenvalue weighted by Gasteiger charge is 2.30. The smallest absolute Gasteiger partial charge is 0.343 e. The third-order valence-electron chi connectivity index (χ3n) is 4.58. The normalized spacial score (nSPS) is 11.2. The predicted molar refractivity (Wildman–Crippen MR) is 124 cm³/mol. The van der Waals surface area contributed by atoms with Crippen molar-refractivity contribution in [3.05, 3.63) is 99.9 Å². The van der Waals surface area contributed by atoms with Gasteiger partial charge in [-0.3, -0.25) is 0 Å². The topological polar surface area (TPSA) is 78.9 Å². The zero-order valence-corrected chi connectivity index (χ0v) is 20.8. The maximum absolute atomic E-state index is 14.0. The van der Waals surface area contributed by atoms with Gasteiger partial charge in [-0.1, -0.05) is 65.1 Å². The molecule has 0 atom stereocenters. The molecule has 14 heteroatoms. The molecule has 0 heterocycles. The zero-order valence-electron chi connectivity index (χ0n) is 18.5. The lowest BCUT2D eigenvalue weighted by atomic mass is 10.1. The van der Waals surface area contributed by atoms with Crippen LogP contribution >= 0.6 is 34.8 Å². The second-order valence-corrected chi connectivity index (χ2v) is 9.86. The van der Waals surface area contributed by atoms with Crippen LogP contribution in [0.15, 0.2) is 48.5 Å². The van der Waals surface area contributed by atoms with Crippen molar-refractivity contribution in [3.8, 4) is 5.75 Å². The van der Waals surface area contributed by atoms with Crippen molar-refractivity contribution < 1.29 is 50.5 Å². The summed E-state index contributed by atoms with van der Waals surface area (Å²) in [5.41, 5.74) is -1.07. The molecule has 0 N–H and O–H groups in total. The first-order valence-corrected chi connectivity index (χ1v) is 11.3. The van der Waals surface area contributed by atoms with Crippen molar-refractivity contribution in [2.45, 2.75) is 10.4 Å². The van der Waals surface area contributed by atoms with E-state index in [0.29, 0.717) is 5.56 Å². The van der Waals surface area contributed by atoms with E-state index < -0.39 is 79.8 Å². The lowest BCUT2D eigenvalue weighted by molar-refractivity contribution is 0.0472. The Morgan fingerprint density at radius 2 is 1.11 bits per heavy atom. The SMILES string of the molecule is O=C(OCc1ccccc1)c1cc(C(=O)OCC(Cl)(Cl)Cl)cc(C(=O)Oc2c(F)c(F)c(F)c(F)c2F)c1. The predicted octanol–water partition coefficient (Wildman–Crippen LogP) is 6.49. The van der Waals surface area contributed by atoms with Crippen molar-refractivity contribution in [2.75, 3.05) is 6.61 Å². The molecule has 6 nitrogen and oxygen atoms in total. The lowest BCUT2D eigenvalue weighted by Crippen LogP contribution is -2.19. The van der Waals surface area contributed by atoms with Crippen LogP contribution in [0.1, 0.15) is 36.6 Å². The molecule has 0 unspecified atom stereocenters. The van der Waals surface area contributed by atoms with E-state index in [-0.39, 0.29) is 6.61 Å². The van der Waals surface area contributed by atoms with Crippen LogP contribution in [0.5, 0.6) is 5.75 Å². The lowest BCUT2D eigenvalue weighted by Gasteiger charge is -2.13. The minimum absolute atomic E-state index is 0.216. The number of ether oxygens (including phenoxy) is 3. The molecule has 0 saturated heterocycles. The summed E-state index contributed by atoms with van der Waals surface area (Å²) in [6, 6.07) is 10.9. The van der Waals surface area contributed by atoms with E-state index in [0.717, 1.165) is 18.2 Å². The third-order valence-corrected chi connectivity index (χ3v) is 4.91. The molecule has 3 aromatic rings. The number of halogens is 8. The molecule has 0 aliphatic rings. The van der Waals surface area contributed by atoms with Gasteiger partial charge in [-0.25, -0.2) is 27.6 Å². The molecule has 3 aromatic carbocycles. The average molecular weight is 598 g/mol. The van der Waals surface area contributed by atoms with Gasteiger partial charge in [0.05, 0.1) is 16.7 Å². The van der Waals surface area contributed by atoms with Gasteiger partial charge in [0.25, 0.3) is 0 Å². The zero-order chi connectivity index (χ0) is 28.2. The standard InChI is InChI=1S/C24H12Cl3F5O6/c25-24(26,27)10-37-22(34)13-6-12(21(33)36-9-11-4-2-1-3-5-11)7-14(8-13)23(35)38-20-18(31)16(29)15(28)17(30)19(20)32/h1-8H,9-10H2. The maximum Gasteiger partial charge on any atom is 0.343 e. The summed E-state index contributed by atoms with van der Waals surface area (Å²) in [5, 5.41) is 0. The minimum Gasteiger partial charge on any atom is -0.458 e.